The fourth-order valence-electron chi connectivity index (χ4n) is 4.05. The largest absolute Gasteiger partial charge is 0.497 e. The Bertz CT molecular complexity index is 1150. The van der Waals surface area contributed by atoms with Gasteiger partial charge in [-0.3, -0.25) is 0 Å². The Kier molecular flexibility index (Phi) is 4.85. The summed E-state index contributed by atoms with van der Waals surface area (Å²) >= 11 is 1.65. The predicted octanol–water partition coefficient (Wildman–Crippen LogP) is 4.42. The molecule has 1 unspecified atom stereocenters. The number of aliphatic hydroxyl groups excluding tert-OH is 1. The summed E-state index contributed by atoms with van der Waals surface area (Å²) in [5.41, 5.74) is 4.21. The van der Waals surface area contributed by atoms with Gasteiger partial charge >= 0.3 is 0 Å². The van der Waals surface area contributed by atoms with Crippen molar-refractivity contribution in [1.29, 1.82) is 0 Å². The lowest BCUT2D eigenvalue weighted by atomic mass is 9.93. The van der Waals surface area contributed by atoms with Crippen LogP contribution in [0.4, 0.5) is 5.13 Å². The summed E-state index contributed by atoms with van der Waals surface area (Å²) in [6, 6.07) is 12.4. The van der Waals surface area contributed by atoms with Crippen LogP contribution in [0.1, 0.15) is 31.2 Å². The second-order valence-electron chi connectivity index (χ2n) is 7.65. The summed E-state index contributed by atoms with van der Waals surface area (Å²) in [4.78, 5) is 9.21. The number of imidazole rings is 1. The van der Waals surface area contributed by atoms with Gasteiger partial charge in [-0.05, 0) is 42.7 Å². The number of fused-ring (bicyclic) bond motifs is 2. The lowest BCUT2D eigenvalue weighted by Gasteiger charge is -2.27. The number of aromatic nitrogens is 3. The lowest BCUT2D eigenvalue weighted by molar-refractivity contribution is 0.116. The van der Waals surface area contributed by atoms with E-state index in [2.05, 4.69) is 33.1 Å². The third-order valence-electron chi connectivity index (χ3n) is 5.67. The molecule has 2 N–H and O–H groups in total. The van der Waals surface area contributed by atoms with Crippen molar-refractivity contribution in [1.82, 2.24) is 14.5 Å². The molecule has 0 spiro atoms. The van der Waals surface area contributed by atoms with E-state index >= 15 is 0 Å². The van der Waals surface area contributed by atoms with Crippen molar-refractivity contribution in [3.63, 3.8) is 0 Å². The zero-order valence-electron chi connectivity index (χ0n) is 16.3. The molecule has 1 saturated carbocycles. The monoisotopic (exact) mass is 408 g/mol. The second-order valence-corrected chi connectivity index (χ2v) is 8.68. The highest BCUT2D eigenvalue weighted by molar-refractivity contribution is 7.22. The number of hydrogen-bond acceptors (Lipinski definition) is 6. The third kappa shape index (κ3) is 3.68. The summed E-state index contributed by atoms with van der Waals surface area (Å²) < 4.78 is 8.64. The molecule has 1 fully saturated rings. The average Bonchev–Trinajstić information content (AvgIpc) is 3.32. The van der Waals surface area contributed by atoms with Crippen molar-refractivity contribution in [2.24, 2.45) is 0 Å². The normalized spacial score (nSPS) is 19.7. The standard InChI is InChI=1S/C22H24N4O2S/c1-28-15-7-9-16-19(11-15)26(13-23-16)12-14-6-8-18-21(10-14)29-22(25-18)24-17-4-2-3-5-20(17)27/h6-11,13,17,20,27H,2-5,12H2,1H3,(H,24,25)/t17?,20-/m1/s1. The maximum Gasteiger partial charge on any atom is 0.184 e. The van der Waals surface area contributed by atoms with E-state index in [9.17, 15) is 5.11 Å². The number of anilines is 1. The molecule has 7 heteroatoms. The van der Waals surface area contributed by atoms with E-state index in [1.54, 1.807) is 18.4 Å². The maximum absolute atomic E-state index is 10.2. The predicted molar refractivity (Wildman–Crippen MR) is 117 cm³/mol. The number of rotatable bonds is 5. The minimum absolute atomic E-state index is 0.107. The Morgan fingerprint density at radius 2 is 2.03 bits per heavy atom. The topological polar surface area (TPSA) is 72.2 Å². The van der Waals surface area contributed by atoms with E-state index in [1.807, 2.05) is 24.5 Å². The molecule has 29 heavy (non-hydrogen) atoms. The van der Waals surface area contributed by atoms with E-state index in [0.29, 0.717) is 0 Å². The van der Waals surface area contributed by atoms with Gasteiger partial charge in [0.25, 0.3) is 0 Å². The number of thiazole rings is 1. The number of aliphatic hydroxyl groups is 1. The van der Waals surface area contributed by atoms with Crippen LogP contribution in [-0.2, 0) is 6.54 Å². The molecule has 4 aromatic rings. The minimum atomic E-state index is -0.280. The minimum Gasteiger partial charge on any atom is -0.497 e. The zero-order valence-corrected chi connectivity index (χ0v) is 17.2. The van der Waals surface area contributed by atoms with E-state index < -0.39 is 0 Å². The quantitative estimate of drug-likeness (QED) is 0.511. The molecule has 0 aliphatic heterocycles. The average molecular weight is 409 g/mol. The van der Waals surface area contributed by atoms with Crippen LogP contribution in [0, 0.1) is 0 Å². The van der Waals surface area contributed by atoms with Gasteiger partial charge in [0.15, 0.2) is 5.13 Å². The van der Waals surface area contributed by atoms with Gasteiger partial charge in [0.1, 0.15) is 5.75 Å². The van der Waals surface area contributed by atoms with Crippen LogP contribution >= 0.6 is 11.3 Å². The van der Waals surface area contributed by atoms with E-state index in [1.165, 1.54) is 5.56 Å². The summed E-state index contributed by atoms with van der Waals surface area (Å²) in [6.45, 7) is 0.738. The van der Waals surface area contributed by atoms with E-state index in [0.717, 1.165) is 64.4 Å². The zero-order chi connectivity index (χ0) is 19.8. The van der Waals surface area contributed by atoms with Gasteiger partial charge in [-0.1, -0.05) is 30.2 Å². The first kappa shape index (κ1) is 18.4. The molecule has 0 bridgehead atoms. The van der Waals surface area contributed by atoms with Crippen molar-refractivity contribution in [3.8, 4) is 5.75 Å². The molecule has 0 radical (unpaired) electrons. The summed E-state index contributed by atoms with van der Waals surface area (Å²) in [5.74, 6) is 0.831. The Morgan fingerprint density at radius 1 is 1.17 bits per heavy atom. The van der Waals surface area contributed by atoms with Gasteiger partial charge in [0.05, 0.1) is 46.8 Å². The molecule has 6 nitrogen and oxygen atoms in total. The van der Waals surface area contributed by atoms with Crippen molar-refractivity contribution in [2.75, 3.05) is 12.4 Å². The lowest BCUT2D eigenvalue weighted by Crippen LogP contribution is -2.36. The fraction of sp³-hybridized carbons (Fsp3) is 0.364. The molecule has 5 rings (SSSR count). The molecular weight excluding hydrogens is 384 g/mol. The summed E-state index contributed by atoms with van der Waals surface area (Å²) in [7, 11) is 1.68. The molecule has 150 valence electrons. The summed E-state index contributed by atoms with van der Waals surface area (Å²) in [5, 5.41) is 14.6. The highest BCUT2D eigenvalue weighted by atomic mass is 32.1. The van der Waals surface area contributed by atoms with E-state index in [-0.39, 0.29) is 12.1 Å². The Balaban J connectivity index is 1.39. The molecular formula is C22H24N4O2S. The number of benzene rings is 2. The van der Waals surface area contributed by atoms with Gasteiger partial charge in [-0.2, -0.15) is 0 Å². The first-order valence-corrected chi connectivity index (χ1v) is 10.8. The van der Waals surface area contributed by atoms with Gasteiger partial charge in [0.2, 0.25) is 0 Å². The van der Waals surface area contributed by atoms with Crippen LogP contribution < -0.4 is 10.1 Å². The Labute approximate surface area is 173 Å². The molecule has 0 saturated heterocycles. The third-order valence-corrected chi connectivity index (χ3v) is 6.62. The number of hydrogen-bond donors (Lipinski definition) is 2. The second kappa shape index (κ2) is 7.65. The van der Waals surface area contributed by atoms with Crippen molar-refractivity contribution < 1.29 is 9.84 Å². The van der Waals surface area contributed by atoms with Crippen LogP contribution in [0.3, 0.4) is 0 Å². The molecule has 0 amide bonds. The number of methoxy groups -OCH3 is 1. The van der Waals surface area contributed by atoms with Crippen molar-refractivity contribution in [2.45, 2.75) is 44.4 Å². The van der Waals surface area contributed by atoms with Gasteiger partial charge < -0.3 is 19.7 Å². The molecule has 2 aromatic carbocycles. The maximum atomic E-state index is 10.2. The first-order valence-electron chi connectivity index (χ1n) is 10.0. The summed E-state index contributed by atoms with van der Waals surface area (Å²) in [6.07, 6.45) is 5.73. The Hall–Kier alpha value is -2.64. The van der Waals surface area contributed by atoms with Crippen molar-refractivity contribution >= 4 is 37.7 Å². The number of nitrogens with zero attached hydrogens (tertiary/aromatic N) is 3. The molecule has 1 aliphatic carbocycles. The van der Waals surface area contributed by atoms with Crippen LogP contribution in [0.2, 0.25) is 0 Å². The van der Waals surface area contributed by atoms with Crippen molar-refractivity contribution in [3.05, 3.63) is 48.3 Å². The van der Waals surface area contributed by atoms with Crippen LogP contribution in [-0.4, -0.2) is 38.9 Å². The molecule has 2 atom stereocenters. The van der Waals surface area contributed by atoms with Gasteiger partial charge in [-0.15, -0.1) is 0 Å². The SMILES string of the molecule is COc1ccc2ncn(Cc3ccc4nc(NC5CCCC[C@H]5O)sc4c3)c2c1. The van der Waals surface area contributed by atoms with Gasteiger partial charge in [0, 0.05) is 12.6 Å². The van der Waals surface area contributed by atoms with Crippen LogP contribution in [0.5, 0.6) is 5.75 Å². The molecule has 2 heterocycles. The highest BCUT2D eigenvalue weighted by Gasteiger charge is 2.23. The fourth-order valence-corrected chi connectivity index (χ4v) is 5.04. The smallest absolute Gasteiger partial charge is 0.184 e. The van der Waals surface area contributed by atoms with E-state index in [4.69, 9.17) is 9.72 Å². The van der Waals surface area contributed by atoms with Crippen LogP contribution in [0.25, 0.3) is 21.3 Å². The highest BCUT2D eigenvalue weighted by Crippen LogP contribution is 2.30. The molecule has 1 aliphatic rings. The molecule has 2 aromatic heterocycles. The van der Waals surface area contributed by atoms with Gasteiger partial charge in [-0.25, -0.2) is 9.97 Å². The first-order chi connectivity index (χ1) is 14.2. The Morgan fingerprint density at radius 3 is 2.90 bits per heavy atom. The number of nitrogens with one attached hydrogen (secondary N) is 1. The van der Waals surface area contributed by atoms with Crippen LogP contribution in [0.15, 0.2) is 42.7 Å². The number of ether oxygens (including phenoxy) is 1.